The minimum absolute atomic E-state index is 0.111. The molecule has 0 aliphatic heterocycles. The van der Waals surface area contributed by atoms with Crippen molar-refractivity contribution < 1.29 is 9.90 Å². The maximum absolute atomic E-state index is 11.2. The molecule has 1 amide bonds. The van der Waals surface area contributed by atoms with Crippen molar-refractivity contribution >= 4 is 5.91 Å². The summed E-state index contributed by atoms with van der Waals surface area (Å²) in [5, 5.41) is 11.8. The van der Waals surface area contributed by atoms with Crippen LogP contribution in [-0.4, -0.2) is 29.2 Å². The summed E-state index contributed by atoms with van der Waals surface area (Å²) in [5.41, 5.74) is 5.17. The van der Waals surface area contributed by atoms with Crippen LogP contribution in [0, 0.1) is 0 Å². The molecule has 78 valence electrons. The lowest BCUT2D eigenvalue weighted by Crippen LogP contribution is -2.41. The van der Waals surface area contributed by atoms with Crippen molar-refractivity contribution in [1.82, 2.24) is 5.32 Å². The molecule has 0 fully saturated rings. The molecule has 0 aromatic carbocycles. The first-order valence-electron chi connectivity index (χ1n) is 4.59. The molecule has 13 heavy (non-hydrogen) atoms. The summed E-state index contributed by atoms with van der Waals surface area (Å²) >= 11 is 0. The van der Waals surface area contributed by atoms with Gasteiger partial charge in [-0.2, -0.15) is 0 Å². The van der Waals surface area contributed by atoms with Crippen molar-refractivity contribution in [2.75, 3.05) is 6.54 Å². The van der Waals surface area contributed by atoms with E-state index in [0.717, 1.165) is 0 Å². The lowest BCUT2D eigenvalue weighted by atomic mass is 10.0. The van der Waals surface area contributed by atoms with E-state index in [9.17, 15) is 4.79 Å². The summed E-state index contributed by atoms with van der Waals surface area (Å²) in [6, 6.07) is 0. The highest BCUT2D eigenvalue weighted by Crippen LogP contribution is 2.02. The van der Waals surface area contributed by atoms with Gasteiger partial charge in [0.05, 0.1) is 6.10 Å². The molecular weight excluding hydrogens is 168 g/mol. The average molecular weight is 188 g/mol. The fourth-order valence-electron chi connectivity index (χ4n) is 0.852. The number of hydrogen-bond acceptors (Lipinski definition) is 3. The molecule has 4 N–H and O–H groups in total. The van der Waals surface area contributed by atoms with E-state index in [4.69, 9.17) is 10.8 Å². The van der Waals surface area contributed by atoms with Crippen LogP contribution in [-0.2, 0) is 4.79 Å². The van der Waals surface area contributed by atoms with E-state index in [1.165, 1.54) is 0 Å². The number of hydrogen-bond donors (Lipinski definition) is 3. The SMILES string of the molecule is CCC(O)CNC(=O)CC(C)(C)N. The summed E-state index contributed by atoms with van der Waals surface area (Å²) in [4.78, 5) is 11.2. The number of aliphatic hydroxyl groups excluding tert-OH is 1. The lowest BCUT2D eigenvalue weighted by Gasteiger charge is -2.18. The minimum Gasteiger partial charge on any atom is -0.391 e. The van der Waals surface area contributed by atoms with Crippen LogP contribution in [0.5, 0.6) is 0 Å². The Hall–Kier alpha value is -0.610. The van der Waals surface area contributed by atoms with Gasteiger partial charge in [0, 0.05) is 18.5 Å². The summed E-state index contributed by atoms with van der Waals surface area (Å²) in [5.74, 6) is -0.111. The predicted molar refractivity (Wildman–Crippen MR) is 52.2 cm³/mol. The third-order valence-electron chi connectivity index (χ3n) is 1.62. The number of amides is 1. The van der Waals surface area contributed by atoms with Crippen LogP contribution >= 0.6 is 0 Å². The van der Waals surface area contributed by atoms with Gasteiger partial charge >= 0.3 is 0 Å². The third kappa shape index (κ3) is 7.74. The summed E-state index contributed by atoms with van der Waals surface area (Å²) in [6.07, 6.45) is 0.472. The van der Waals surface area contributed by atoms with Gasteiger partial charge in [0.1, 0.15) is 0 Å². The largest absolute Gasteiger partial charge is 0.391 e. The quantitative estimate of drug-likeness (QED) is 0.568. The zero-order valence-electron chi connectivity index (χ0n) is 8.63. The number of aliphatic hydroxyl groups is 1. The van der Waals surface area contributed by atoms with Crippen LogP contribution in [0.2, 0.25) is 0 Å². The van der Waals surface area contributed by atoms with Crippen LogP contribution in [0.4, 0.5) is 0 Å². The van der Waals surface area contributed by atoms with Crippen molar-refractivity contribution in [3.05, 3.63) is 0 Å². The summed E-state index contributed by atoms with van der Waals surface area (Å²) < 4.78 is 0. The van der Waals surface area contributed by atoms with E-state index < -0.39 is 11.6 Å². The molecule has 0 rings (SSSR count). The van der Waals surface area contributed by atoms with E-state index in [1.54, 1.807) is 13.8 Å². The van der Waals surface area contributed by atoms with Crippen LogP contribution in [0.15, 0.2) is 0 Å². The van der Waals surface area contributed by atoms with E-state index >= 15 is 0 Å². The van der Waals surface area contributed by atoms with Gasteiger partial charge in [0.25, 0.3) is 0 Å². The molecule has 1 unspecified atom stereocenters. The van der Waals surface area contributed by atoms with Gasteiger partial charge in [-0.15, -0.1) is 0 Å². The Labute approximate surface area is 79.5 Å². The summed E-state index contributed by atoms with van der Waals surface area (Å²) in [6.45, 7) is 5.76. The third-order valence-corrected chi connectivity index (χ3v) is 1.62. The Morgan fingerprint density at radius 2 is 2.15 bits per heavy atom. The lowest BCUT2D eigenvalue weighted by molar-refractivity contribution is -0.122. The van der Waals surface area contributed by atoms with E-state index in [0.29, 0.717) is 13.0 Å². The van der Waals surface area contributed by atoms with Crippen molar-refractivity contribution in [1.29, 1.82) is 0 Å². The fourth-order valence-corrected chi connectivity index (χ4v) is 0.852. The highest BCUT2D eigenvalue weighted by Gasteiger charge is 2.16. The van der Waals surface area contributed by atoms with Crippen LogP contribution < -0.4 is 11.1 Å². The normalized spacial score (nSPS) is 13.9. The van der Waals surface area contributed by atoms with Crippen LogP contribution in [0.1, 0.15) is 33.6 Å². The number of rotatable bonds is 5. The highest BCUT2D eigenvalue weighted by atomic mass is 16.3. The van der Waals surface area contributed by atoms with E-state index in [1.807, 2.05) is 6.92 Å². The molecule has 0 aliphatic carbocycles. The maximum Gasteiger partial charge on any atom is 0.221 e. The molecule has 0 radical (unpaired) electrons. The molecule has 0 heterocycles. The zero-order valence-corrected chi connectivity index (χ0v) is 8.63. The van der Waals surface area contributed by atoms with Gasteiger partial charge in [0.15, 0.2) is 0 Å². The molecule has 1 atom stereocenters. The Kier molecular flexibility index (Phi) is 4.95. The van der Waals surface area contributed by atoms with Gasteiger partial charge < -0.3 is 16.2 Å². The monoisotopic (exact) mass is 188 g/mol. The van der Waals surface area contributed by atoms with Crippen molar-refractivity contribution in [2.45, 2.75) is 45.3 Å². The second kappa shape index (κ2) is 5.19. The molecule has 0 saturated heterocycles. The molecule has 0 aliphatic rings. The maximum atomic E-state index is 11.2. The van der Waals surface area contributed by atoms with E-state index in [-0.39, 0.29) is 12.3 Å². The Morgan fingerprint density at radius 3 is 2.54 bits per heavy atom. The first-order valence-corrected chi connectivity index (χ1v) is 4.59. The number of carbonyl (C=O) groups excluding carboxylic acids is 1. The molecule has 0 aromatic rings. The standard InChI is InChI=1S/C9H20N2O2/c1-4-7(12)6-11-8(13)5-9(2,3)10/h7,12H,4-6,10H2,1-3H3,(H,11,13). The van der Waals surface area contributed by atoms with Crippen molar-refractivity contribution in [2.24, 2.45) is 5.73 Å². The van der Waals surface area contributed by atoms with E-state index in [2.05, 4.69) is 5.32 Å². The molecule has 4 heteroatoms. The molecule has 0 spiro atoms. The Bertz CT molecular complexity index is 163. The van der Waals surface area contributed by atoms with Gasteiger partial charge in [-0.05, 0) is 20.3 Å². The second-order valence-corrected chi connectivity index (χ2v) is 4.03. The van der Waals surface area contributed by atoms with Gasteiger partial charge in [-0.25, -0.2) is 0 Å². The van der Waals surface area contributed by atoms with Crippen LogP contribution in [0.25, 0.3) is 0 Å². The Balaban J connectivity index is 3.64. The van der Waals surface area contributed by atoms with Crippen molar-refractivity contribution in [3.63, 3.8) is 0 Å². The summed E-state index contributed by atoms with van der Waals surface area (Å²) in [7, 11) is 0. The second-order valence-electron chi connectivity index (χ2n) is 4.03. The Morgan fingerprint density at radius 1 is 1.62 bits per heavy atom. The predicted octanol–water partition coefficient (Wildman–Crippen LogP) is 0.000900. The van der Waals surface area contributed by atoms with Crippen LogP contribution in [0.3, 0.4) is 0 Å². The number of carbonyl (C=O) groups is 1. The van der Waals surface area contributed by atoms with Gasteiger partial charge in [-0.3, -0.25) is 4.79 Å². The number of nitrogens with two attached hydrogens (primary N) is 1. The topological polar surface area (TPSA) is 75.3 Å². The smallest absolute Gasteiger partial charge is 0.221 e. The highest BCUT2D eigenvalue weighted by molar-refractivity contribution is 5.77. The number of nitrogens with one attached hydrogen (secondary N) is 1. The average Bonchev–Trinajstić information content (AvgIpc) is 1.97. The fraction of sp³-hybridized carbons (Fsp3) is 0.889. The first-order chi connectivity index (χ1) is 5.85. The molecule has 0 saturated carbocycles. The molecule has 4 nitrogen and oxygen atoms in total. The van der Waals surface area contributed by atoms with Gasteiger partial charge in [-0.1, -0.05) is 6.92 Å². The molecule has 0 aromatic heterocycles. The molecule has 0 bridgehead atoms. The van der Waals surface area contributed by atoms with Crippen molar-refractivity contribution in [3.8, 4) is 0 Å². The van der Waals surface area contributed by atoms with Gasteiger partial charge in [0.2, 0.25) is 5.91 Å². The minimum atomic E-state index is -0.485. The molecular formula is C9H20N2O2. The first kappa shape index (κ1) is 12.4. The zero-order chi connectivity index (χ0) is 10.5.